The number of likely N-dealkylation sites (tertiary alicyclic amines) is 1. The average Bonchev–Trinajstić information content (AvgIpc) is 2.43. The van der Waals surface area contributed by atoms with Gasteiger partial charge in [-0.1, -0.05) is 18.5 Å². The van der Waals surface area contributed by atoms with Crippen LogP contribution in [0.2, 0.25) is 5.15 Å². The second kappa shape index (κ2) is 7.02. The predicted molar refractivity (Wildman–Crippen MR) is 80.6 cm³/mol. The lowest BCUT2D eigenvalue weighted by atomic mass is 9.87. The Kier molecular flexibility index (Phi) is 5.34. The lowest BCUT2D eigenvalue weighted by Crippen LogP contribution is -2.45. The van der Waals surface area contributed by atoms with E-state index < -0.39 is 0 Å². The van der Waals surface area contributed by atoms with Gasteiger partial charge in [0.1, 0.15) is 0 Å². The summed E-state index contributed by atoms with van der Waals surface area (Å²) in [5.41, 5.74) is 6.33. The summed E-state index contributed by atoms with van der Waals surface area (Å²) in [6, 6.07) is 3.49. The molecule has 0 bridgehead atoms. The van der Waals surface area contributed by atoms with Crippen LogP contribution in [0.5, 0.6) is 0 Å². The molecule has 1 amide bonds. The highest BCUT2D eigenvalue weighted by Crippen LogP contribution is 2.22. The van der Waals surface area contributed by atoms with Crippen LogP contribution in [0.3, 0.4) is 0 Å². The van der Waals surface area contributed by atoms with Gasteiger partial charge in [-0.25, -0.2) is 4.98 Å². The zero-order chi connectivity index (χ0) is 14.5. The third-order valence-corrected chi connectivity index (χ3v) is 4.20. The molecule has 1 fully saturated rings. The van der Waals surface area contributed by atoms with Gasteiger partial charge in [0.15, 0.2) is 5.15 Å². The molecule has 1 aromatic heterocycles. The summed E-state index contributed by atoms with van der Waals surface area (Å²) >= 11 is 5.92. The van der Waals surface area contributed by atoms with E-state index in [1.54, 1.807) is 18.3 Å². The lowest BCUT2D eigenvalue weighted by Gasteiger charge is -2.36. The van der Waals surface area contributed by atoms with Crippen LogP contribution in [-0.2, 0) is 4.79 Å². The van der Waals surface area contributed by atoms with Gasteiger partial charge in [-0.05, 0) is 43.5 Å². The molecule has 2 heterocycles. The monoisotopic (exact) mass is 296 g/mol. The number of pyridine rings is 1. The summed E-state index contributed by atoms with van der Waals surface area (Å²) in [5, 5.41) is 3.11. The fourth-order valence-corrected chi connectivity index (χ4v) is 2.71. The number of nitrogens with one attached hydrogen (secondary N) is 1. The summed E-state index contributed by atoms with van der Waals surface area (Å²) in [6.45, 7) is 5.09. The first kappa shape index (κ1) is 15.2. The maximum Gasteiger partial charge on any atom is 0.238 e. The smallest absolute Gasteiger partial charge is 0.238 e. The van der Waals surface area contributed by atoms with Gasteiger partial charge in [0.05, 0.1) is 12.2 Å². The number of piperidine rings is 1. The van der Waals surface area contributed by atoms with Gasteiger partial charge in [-0.2, -0.15) is 0 Å². The van der Waals surface area contributed by atoms with E-state index in [0.29, 0.717) is 35.8 Å². The van der Waals surface area contributed by atoms with Crippen molar-refractivity contribution in [3.05, 3.63) is 23.5 Å². The molecule has 1 aliphatic rings. The van der Waals surface area contributed by atoms with Crippen molar-refractivity contribution in [2.24, 2.45) is 17.6 Å². The van der Waals surface area contributed by atoms with Crippen molar-refractivity contribution >= 4 is 23.2 Å². The molecule has 0 radical (unpaired) electrons. The van der Waals surface area contributed by atoms with Gasteiger partial charge in [0.25, 0.3) is 0 Å². The third kappa shape index (κ3) is 3.91. The van der Waals surface area contributed by atoms with Gasteiger partial charge in [-0.3, -0.25) is 9.69 Å². The quantitative estimate of drug-likeness (QED) is 0.828. The SMILES string of the molecule is CC1CCN(CC(=O)Nc2cccnc2Cl)CC1CN. The third-order valence-electron chi connectivity index (χ3n) is 3.90. The molecule has 0 saturated carbocycles. The van der Waals surface area contributed by atoms with E-state index in [9.17, 15) is 4.79 Å². The van der Waals surface area contributed by atoms with Gasteiger partial charge < -0.3 is 11.1 Å². The largest absolute Gasteiger partial charge is 0.330 e. The Morgan fingerprint density at radius 2 is 2.45 bits per heavy atom. The number of hydrogen-bond acceptors (Lipinski definition) is 4. The summed E-state index contributed by atoms with van der Waals surface area (Å²) in [4.78, 5) is 18.1. The van der Waals surface area contributed by atoms with Gasteiger partial charge >= 0.3 is 0 Å². The molecular formula is C14H21ClN4O. The van der Waals surface area contributed by atoms with Crippen molar-refractivity contribution in [1.82, 2.24) is 9.88 Å². The number of carbonyl (C=O) groups is 1. The second-order valence-electron chi connectivity index (χ2n) is 5.39. The number of aromatic nitrogens is 1. The van der Waals surface area contributed by atoms with Crippen LogP contribution in [0, 0.1) is 11.8 Å². The highest BCUT2D eigenvalue weighted by Gasteiger charge is 2.26. The van der Waals surface area contributed by atoms with E-state index in [0.717, 1.165) is 19.5 Å². The Balaban J connectivity index is 1.87. The van der Waals surface area contributed by atoms with Gasteiger partial charge in [0.2, 0.25) is 5.91 Å². The van der Waals surface area contributed by atoms with Gasteiger partial charge in [0, 0.05) is 12.7 Å². The minimum atomic E-state index is -0.0646. The fourth-order valence-electron chi connectivity index (χ4n) is 2.55. The molecule has 0 aromatic carbocycles. The molecule has 2 unspecified atom stereocenters. The van der Waals surface area contributed by atoms with Crippen molar-refractivity contribution in [1.29, 1.82) is 0 Å². The Hall–Kier alpha value is -1.17. The van der Waals surface area contributed by atoms with Crippen LogP contribution in [0.15, 0.2) is 18.3 Å². The number of nitrogens with two attached hydrogens (primary N) is 1. The van der Waals surface area contributed by atoms with E-state index in [1.807, 2.05) is 0 Å². The minimum absolute atomic E-state index is 0.0646. The minimum Gasteiger partial charge on any atom is -0.330 e. The number of halogens is 1. The normalized spacial score (nSPS) is 23.6. The number of rotatable bonds is 4. The number of nitrogens with zero attached hydrogens (tertiary/aromatic N) is 2. The van der Waals surface area contributed by atoms with Crippen LogP contribution in [-0.4, -0.2) is 42.0 Å². The molecule has 6 heteroatoms. The fraction of sp³-hybridized carbons (Fsp3) is 0.571. The van der Waals surface area contributed by atoms with E-state index in [4.69, 9.17) is 17.3 Å². The first-order valence-corrected chi connectivity index (χ1v) is 7.30. The van der Waals surface area contributed by atoms with Crippen LogP contribution in [0.4, 0.5) is 5.69 Å². The molecule has 20 heavy (non-hydrogen) atoms. The highest BCUT2D eigenvalue weighted by molar-refractivity contribution is 6.32. The summed E-state index contributed by atoms with van der Waals surface area (Å²) < 4.78 is 0. The Labute approximate surface area is 124 Å². The van der Waals surface area contributed by atoms with Crippen molar-refractivity contribution in [2.45, 2.75) is 13.3 Å². The Morgan fingerprint density at radius 1 is 1.65 bits per heavy atom. The molecule has 0 spiro atoms. The number of hydrogen-bond donors (Lipinski definition) is 2. The number of anilines is 1. The molecule has 3 N–H and O–H groups in total. The molecule has 5 nitrogen and oxygen atoms in total. The maximum absolute atomic E-state index is 12.0. The average molecular weight is 297 g/mol. The summed E-state index contributed by atoms with van der Waals surface area (Å²) in [6.07, 6.45) is 2.68. The van der Waals surface area contributed by atoms with Crippen LogP contribution < -0.4 is 11.1 Å². The van der Waals surface area contributed by atoms with Crippen molar-refractivity contribution in [3.63, 3.8) is 0 Å². The van der Waals surface area contributed by atoms with Gasteiger partial charge in [-0.15, -0.1) is 0 Å². The van der Waals surface area contributed by atoms with Crippen molar-refractivity contribution in [2.75, 3.05) is 31.5 Å². The van der Waals surface area contributed by atoms with E-state index in [1.165, 1.54) is 0 Å². The molecule has 2 atom stereocenters. The molecule has 0 aliphatic carbocycles. The van der Waals surface area contributed by atoms with Crippen LogP contribution in [0.1, 0.15) is 13.3 Å². The topological polar surface area (TPSA) is 71.2 Å². The zero-order valence-electron chi connectivity index (χ0n) is 11.7. The molecule has 110 valence electrons. The van der Waals surface area contributed by atoms with Crippen LogP contribution in [0.25, 0.3) is 0 Å². The van der Waals surface area contributed by atoms with Crippen molar-refractivity contribution < 1.29 is 4.79 Å². The predicted octanol–water partition coefficient (Wildman–Crippen LogP) is 1.59. The lowest BCUT2D eigenvalue weighted by molar-refractivity contribution is -0.117. The highest BCUT2D eigenvalue weighted by atomic mass is 35.5. The maximum atomic E-state index is 12.0. The van der Waals surface area contributed by atoms with Crippen LogP contribution >= 0.6 is 11.6 Å². The summed E-state index contributed by atoms with van der Waals surface area (Å²) in [7, 11) is 0. The molecule has 1 saturated heterocycles. The van der Waals surface area contributed by atoms with E-state index in [-0.39, 0.29) is 5.91 Å². The summed E-state index contributed by atoms with van der Waals surface area (Å²) in [5.74, 6) is 1.04. The van der Waals surface area contributed by atoms with E-state index in [2.05, 4.69) is 22.1 Å². The molecule has 1 aliphatic heterocycles. The first-order valence-electron chi connectivity index (χ1n) is 6.93. The standard InChI is InChI=1S/C14H21ClN4O/c1-10-4-6-19(8-11(10)7-16)9-13(20)18-12-3-2-5-17-14(12)15/h2-3,5,10-11H,4,6-9,16H2,1H3,(H,18,20). The molecular weight excluding hydrogens is 276 g/mol. The Bertz CT molecular complexity index is 468. The number of amides is 1. The zero-order valence-corrected chi connectivity index (χ0v) is 12.4. The first-order chi connectivity index (χ1) is 9.60. The number of carbonyl (C=O) groups excluding carboxylic acids is 1. The Morgan fingerprint density at radius 3 is 3.15 bits per heavy atom. The molecule has 1 aromatic rings. The van der Waals surface area contributed by atoms with Crippen molar-refractivity contribution in [3.8, 4) is 0 Å². The van der Waals surface area contributed by atoms with E-state index >= 15 is 0 Å². The second-order valence-corrected chi connectivity index (χ2v) is 5.74. The molecule has 2 rings (SSSR count).